The van der Waals surface area contributed by atoms with E-state index in [1.165, 1.54) is 12.1 Å². The number of hydrogen-bond acceptors (Lipinski definition) is 2. The largest absolute Gasteiger partial charge is 0.352 e. The number of carbonyl (C=O) groups excluding carboxylic acids is 2. The molecule has 0 aliphatic heterocycles. The third-order valence-electron chi connectivity index (χ3n) is 4.35. The lowest BCUT2D eigenvalue weighted by atomic mass is 10.1. The summed E-state index contributed by atoms with van der Waals surface area (Å²) in [6.45, 7) is 5.94. The lowest BCUT2D eigenvalue weighted by Gasteiger charge is -2.31. The van der Waals surface area contributed by atoms with Gasteiger partial charge in [-0.15, -0.1) is 0 Å². The molecule has 1 atom stereocenters. The molecule has 0 aromatic heterocycles. The maximum Gasteiger partial charge on any atom is 0.243 e. The van der Waals surface area contributed by atoms with E-state index >= 15 is 0 Å². The van der Waals surface area contributed by atoms with E-state index in [2.05, 4.69) is 5.32 Å². The van der Waals surface area contributed by atoms with Gasteiger partial charge in [-0.05, 0) is 55.7 Å². The van der Waals surface area contributed by atoms with Gasteiger partial charge < -0.3 is 10.2 Å². The summed E-state index contributed by atoms with van der Waals surface area (Å²) in [6.07, 6.45) is 0.584. The summed E-state index contributed by atoms with van der Waals surface area (Å²) in [5, 5.41) is 3.50. The van der Waals surface area contributed by atoms with Crippen LogP contribution in [-0.4, -0.2) is 28.8 Å². The van der Waals surface area contributed by atoms with Crippen molar-refractivity contribution < 1.29 is 14.0 Å². The SMILES string of the molecule is CC[C@H](C(=O)NC(C)C)N(Cc1ccc(Cl)cc1)C(=O)Cc1ccc(F)cc1. The van der Waals surface area contributed by atoms with Gasteiger partial charge in [0.05, 0.1) is 6.42 Å². The number of nitrogens with one attached hydrogen (secondary N) is 1. The molecule has 0 fully saturated rings. The monoisotopic (exact) mass is 404 g/mol. The molecule has 0 heterocycles. The van der Waals surface area contributed by atoms with Crippen LogP contribution < -0.4 is 5.32 Å². The van der Waals surface area contributed by atoms with E-state index in [4.69, 9.17) is 11.6 Å². The first-order chi connectivity index (χ1) is 13.3. The van der Waals surface area contributed by atoms with Crippen LogP contribution in [0.5, 0.6) is 0 Å². The summed E-state index contributed by atoms with van der Waals surface area (Å²) in [6, 6.07) is 12.4. The second kappa shape index (κ2) is 10.2. The van der Waals surface area contributed by atoms with Gasteiger partial charge in [-0.3, -0.25) is 9.59 Å². The van der Waals surface area contributed by atoms with Crippen molar-refractivity contribution in [3.63, 3.8) is 0 Å². The highest BCUT2D eigenvalue weighted by Gasteiger charge is 2.28. The van der Waals surface area contributed by atoms with Crippen LogP contribution in [0.15, 0.2) is 48.5 Å². The summed E-state index contributed by atoms with van der Waals surface area (Å²) < 4.78 is 13.2. The van der Waals surface area contributed by atoms with E-state index < -0.39 is 6.04 Å². The predicted molar refractivity (Wildman–Crippen MR) is 109 cm³/mol. The first kappa shape index (κ1) is 21.9. The molecule has 0 saturated carbocycles. The van der Waals surface area contributed by atoms with Crippen LogP contribution in [0.25, 0.3) is 0 Å². The number of halogens is 2. The normalized spacial score (nSPS) is 11.9. The van der Waals surface area contributed by atoms with Crippen molar-refractivity contribution in [1.29, 1.82) is 0 Å². The van der Waals surface area contributed by atoms with Gasteiger partial charge in [0.25, 0.3) is 0 Å². The number of amides is 2. The van der Waals surface area contributed by atoms with Gasteiger partial charge in [-0.2, -0.15) is 0 Å². The van der Waals surface area contributed by atoms with E-state index in [9.17, 15) is 14.0 Å². The molecule has 6 heteroatoms. The molecule has 0 unspecified atom stereocenters. The van der Waals surface area contributed by atoms with E-state index in [0.717, 1.165) is 5.56 Å². The average molecular weight is 405 g/mol. The molecule has 2 amide bonds. The minimum Gasteiger partial charge on any atom is -0.352 e. The Bertz CT molecular complexity index is 791. The fourth-order valence-corrected chi connectivity index (χ4v) is 3.09. The zero-order chi connectivity index (χ0) is 20.7. The molecule has 4 nitrogen and oxygen atoms in total. The Morgan fingerprint density at radius 2 is 1.61 bits per heavy atom. The van der Waals surface area contributed by atoms with Crippen molar-refractivity contribution in [3.8, 4) is 0 Å². The lowest BCUT2D eigenvalue weighted by molar-refractivity contribution is -0.141. The van der Waals surface area contributed by atoms with E-state index in [-0.39, 0.29) is 30.1 Å². The molecule has 1 N–H and O–H groups in total. The molecule has 2 rings (SSSR count). The van der Waals surface area contributed by atoms with Crippen LogP contribution in [0.3, 0.4) is 0 Å². The van der Waals surface area contributed by atoms with Gasteiger partial charge in [0.15, 0.2) is 0 Å². The first-order valence-electron chi connectivity index (χ1n) is 9.39. The van der Waals surface area contributed by atoms with E-state index in [1.807, 2.05) is 32.9 Å². The first-order valence-corrected chi connectivity index (χ1v) is 9.76. The smallest absolute Gasteiger partial charge is 0.243 e. The fraction of sp³-hybridized carbons (Fsp3) is 0.364. The molecular formula is C22H26ClFN2O2. The number of nitrogens with zero attached hydrogens (tertiary/aromatic N) is 1. The predicted octanol–water partition coefficient (Wildman–Crippen LogP) is 4.35. The second-order valence-corrected chi connectivity index (χ2v) is 7.48. The van der Waals surface area contributed by atoms with Crippen molar-refractivity contribution in [2.45, 2.75) is 52.2 Å². The van der Waals surface area contributed by atoms with Crippen molar-refractivity contribution >= 4 is 23.4 Å². The van der Waals surface area contributed by atoms with E-state index in [1.54, 1.807) is 29.2 Å². The molecule has 2 aromatic rings. The Kier molecular flexibility index (Phi) is 8.00. The molecule has 2 aromatic carbocycles. The lowest BCUT2D eigenvalue weighted by Crippen LogP contribution is -2.50. The fourth-order valence-electron chi connectivity index (χ4n) is 2.97. The number of benzene rings is 2. The van der Waals surface area contributed by atoms with Crippen LogP contribution in [0.4, 0.5) is 4.39 Å². The Labute approximate surface area is 170 Å². The van der Waals surface area contributed by atoms with Crippen LogP contribution in [0.1, 0.15) is 38.3 Å². The van der Waals surface area contributed by atoms with Gasteiger partial charge in [-0.25, -0.2) is 4.39 Å². The van der Waals surface area contributed by atoms with Crippen molar-refractivity contribution in [1.82, 2.24) is 10.2 Å². The van der Waals surface area contributed by atoms with E-state index in [0.29, 0.717) is 23.6 Å². The van der Waals surface area contributed by atoms with Crippen molar-refractivity contribution in [2.75, 3.05) is 0 Å². The second-order valence-electron chi connectivity index (χ2n) is 7.04. The molecule has 0 bridgehead atoms. The summed E-state index contributed by atoms with van der Waals surface area (Å²) in [5.41, 5.74) is 1.58. The topological polar surface area (TPSA) is 49.4 Å². The molecule has 0 aliphatic carbocycles. The van der Waals surface area contributed by atoms with Gasteiger partial charge in [0, 0.05) is 17.6 Å². The Morgan fingerprint density at radius 3 is 2.14 bits per heavy atom. The molecule has 0 saturated heterocycles. The minimum atomic E-state index is -0.592. The zero-order valence-corrected chi connectivity index (χ0v) is 17.2. The maximum atomic E-state index is 13.2. The third kappa shape index (κ3) is 6.34. The summed E-state index contributed by atoms with van der Waals surface area (Å²) in [5.74, 6) is -0.719. The molecule has 0 aliphatic rings. The maximum absolute atomic E-state index is 13.2. The van der Waals surface area contributed by atoms with Crippen LogP contribution in [0, 0.1) is 5.82 Å². The van der Waals surface area contributed by atoms with Crippen LogP contribution >= 0.6 is 11.6 Å². The highest BCUT2D eigenvalue weighted by Crippen LogP contribution is 2.17. The Balaban J connectivity index is 2.27. The van der Waals surface area contributed by atoms with Gasteiger partial charge in [-0.1, -0.05) is 42.8 Å². The Morgan fingerprint density at radius 1 is 1.04 bits per heavy atom. The molecule has 0 spiro atoms. The number of hydrogen-bond donors (Lipinski definition) is 1. The summed E-state index contributed by atoms with van der Waals surface area (Å²) >= 11 is 5.95. The molecule has 150 valence electrons. The molecule has 28 heavy (non-hydrogen) atoms. The molecule has 0 radical (unpaired) electrons. The highest BCUT2D eigenvalue weighted by molar-refractivity contribution is 6.30. The average Bonchev–Trinajstić information content (AvgIpc) is 2.64. The number of carbonyl (C=O) groups is 2. The van der Waals surface area contributed by atoms with Crippen molar-refractivity contribution in [3.05, 3.63) is 70.5 Å². The summed E-state index contributed by atoms with van der Waals surface area (Å²) in [4.78, 5) is 27.4. The summed E-state index contributed by atoms with van der Waals surface area (Å²) in [7, 11) is 0. The van der Waals surface area contributed by atoms with Crippen LogP contribution in [-0.2, 0) is 22.6 Å². The minimum absolute atomic E-state index is 0.0221. The number of rotatable bonds is 8. The third-order valence-corrected chi connectivity index (χ3v) is 4.60. The van der Waals surface area contributed by atoms with Crippen molar-refractivity contribution in [2.24, 2.45) is 0 Å². The highest BCUT2D eigenvalue weighted by atomic mass is 35.5. The quantitative estimate of drug-likeness (QED) is 0.710. The van der Waals surface area contributed by atoms with Gasteiger partial charge in [0.1, 0.15) is 11.9 Å². The zero-order valence-electron chi connectivity index (χ0n) is 16.4. The Hall–Kier alpha value is -2.40. The van der Waals surface area contributed by atoms with Crippen LogP contribution in [0.2, 0.25) is 5.02 Å². The van der Waals surface area contributed by atoms with Gasteiger partial charge in [0.2, 0.25) is 11.8 Å². The standard InChI is InChI=1S/C22H26ClFN2O2/c1-4-20(22(28)25-15(2)3)26(14-17-5-9-18(23)10-6-17)21(27)13-16-7-11-19(24)12-8-16/h5-12,15,20H,4,13-14H2,1-3H3,(H,25,28)/t20-/m1/s1. The van der Waals surface area contributed by atoms with Gasteiger partial charge >= 0.3 is 0 Å². The molecular weight excluding hydrogens is 379 g/mol.